The molecular formula is C21H15Cl3N2O4S. The number of hydrogen-bond donors (Lipinski definition) is 1. The van der Waals surface area contributed by atoms with Crippen LogP contribution >= 0.6 is 34.8 Å². The van der Waals surface area contributed by atoms with Gasteiger partial charge in [0.25, 0.3) is 15.9 Å². The maximum atomic E-state index is 13.3. The monoisotopic (exact) mass is 496 g/mol. The number of nitrogens with one attached hydrogen (secondary N) is 1. The molecule has 3 aromatic rings. The largest absolute Gasteiger partial charge is 0.476 e. The fourth-order valence-electron chi connectivity index (χ4n) is 3.10. The number of benzene rings is 3. The van der Waals surface area contributed by atoms with E-state index in [2.05, 4.69) is 5.32 Å². The van der Waals surface area contributed by atoms with Gasteiger partial charge in [-0.2, -0.15) is 0 Å². The zero-order valence-corrected chi connectivity index (χ0v) is 18.8. The highest BCUT2D eigenvalue weighted by Crippen LogP contribution is 2.37. The van der Waals surface area contributed by atoms with E-state index in [9.17, 15) is 13.2 Å². The van der Waals surface area contributed by atoms with Gasteiger partial charge in [-0.15, -0.1) is 0 Å². The number of anilines is 2. The lowest BCUT2D eigenvalue weighted by Crippen LogP contribution is -2.48. The number of hydrogen-bond acceptors (Lipinski definition) is 4. The molecule has 1 atom stereocenters. The molecule has 1 N–H and O–H groups in total. The Morgan fingerprint density at radius 3 is 2.39 bits per heavy atom. The fraction of sp³-hybridized carbons (Fsp3) is 0.0952. The number of carbonyl (C=O) groups excluding carboxylic acids is 1. The summed E-state index contributed by atoms with van der Waals surface area (Å²) in [7, 11) is -3.97. The van der Waals surface area contributed by atoms with Gasteiger partial charge in [0.2, 0.25) is 0 Å². The predicted octanol–water partition coefficient (Wildman–Crippen LogP) is 5.24. The molecule has 0 fully saturated rings. The van der Waals surface area contributed by atoms with Crippen molar-refractivity contribution in [1.82, 2.24) is 0 Å². The molecule has 0 radical (unpaired) electrons. The minimum atomic E-state index is -3.97. The molecule has 1 amide bonds. The Labute approximate surface area is 194 Å². The molecule has 10 heteroatoms. The summed E-state index contributed by atoms with van der Waals surface area (Å²) in [6.07, 6.45) is -1.09. The maximum absolute atomic E-state index is 13.3. The smallest absolute Gasteiger partial charge is 0.267 e. The Hall–Kier alpha value is -2.45. The number of rotatable bonds is 4. The Kier molecular flexibility index (Phi) is 6.03. The molecule has 0 aromatic heterocycles. The van der Waals surface area contributed by atoms with E-state index >= 15 is 0 Å². The molecule has 160 valence electrons. The van der Waals surface area contributed by atoms with Crippen molar-refractivity contribution in [3.63, 3.8) is 0 Å². The lowest BCUT2D eigenvalue weighted by Gasteiger charge is -2.34. The third-order valence-corrected chi connectivity index (χ3v) is 7.40. The molecule has 4 rings (SSSR count). The van der Waals surface area contributed by atoms with Gasteiger partial charge in [-0.05, 0) is 54.6 Å². The molecule has 1 aliphatic heterocycles. The summed E-state index contributed by atoms with van der Waals surface area (Å²) in [5.74, 6) is -0.246. The molecule has 1 heterocycles. The molecule has 0 aliphatic carbocycles. The third-order valence-electron chi connectivity index (χ3n) is 4.62. The third kappa shape index (κ3) is 4.45. The van der Waals surface area contributed by atoms with Gasteiger partial charge < -0.3 is 10.1 Å². The summed E-state index contributed by atoms with van der Waals surface area (Å²) in [5.41, 5.74) is 0.755. The number of para-hydroxylation sites is 2. The van der Waals surface area contributed by atoms with Gasteiger partial charge >= 0.3 is 0 Å². The average molecular weight is 498 g/mol. The summed E-state index contributed by atoms with van der Waals surface area (Å²) in [6.45, 7) is -0.213. The quantitative estimate of drug-likeness (QED) is 0.535. The van der Waals surface area contributed by atoms with E-state index in [-0.39, 0.29) is 22.2 Å². The summed E-state index contributed by atoms with van der Waals surface area (Å²) < 4.78 is 33.6. The second kappa shape index (κ2) is 8.59. The average Bonchev–Trinajstić information content (AvgIpc) is 2.75. The van der Waals surface area contributed by atoms with Crippen LogP contribution in [0.25, 0.3) is 0 Å². The van der Waals surface area contributed by atoms with Crippen molar-refractivity contribution in [3.05, 3.63) is 81.8 Å². The van der Waals surface area contributed by atoms with Gasteiger partial charge in [0.15, 0.2) is 6.10 Å². The first-order chi connectivity index (χ1) is 14.8. The molecule has 31 heavy (non-hydrogen) atoms. The summed E-state index contributed by atoms with van der Waals surface area (Å²) in [5, 5.41) is 3.73. The number of halogens is 3. The number of fused-ring (bicyclic) bond motifs is 1. The van der Waals surface area contributed by atoms with Crippen LogP contribution in [0.4, 0.5) is 11.4 Å². The Morgan fingerprint density at radius 2 is 1.68 bits per heavy atom. The van der Waals surface area contributed by atoms with Crippen molar-refractivity contribution >= 4 is 62.1 Å². The first kappa shape index (κ1) is 21.8. The minimum absolute atomic E-state index is 0.0530. The lowest BCUT2D eigenvalue weighted by atomic mass is 10.2. The van der Waals surface area contributed by atoms with Crippen LogP contribution in [0.1, 0.15) is 0 Å². The highest BCUT2D eigenvalue weighted by Gasteiger charge is 2.37. The van der Waals surface area contributed by atoms with Crippen molar-refractivity contribution < 1.29 is 17.9 Å². The van der Waals surface area contributed by atoms with Gasteiger partial charge in [-0.25, -0.2) is 8.42 Å². The number of nitrogens with zero attached hydrogens (tertiary/aromatic N) is 1. The Morgan fingerprint density at radius 1 is 0.968 bits per heavy atom. The van der Waals surface area contributed by atoms with E-state index in [0.29, 0.717) is 21.4 Å². The van der Waals surface area contributed by atoms with Crippen LogP contribution in [0.15, 0.2) is 71.6 Å². The molecule has 0 saturated heterocycles. The van der Waals surface area contributed by atoms with Gasteiger partial charge in [0.05, 0.1) is 27.2 Å². The maximum Gasteiger partial charge on any atom is 0.267 e. The molecular weight excluding hydrogens is 483 g/mol. The van der Waals surface area contributed by atoms with Crippen LogP contribution < -0.4 is 14.4 Å². The Balaban J connectivity index is 1.66. The van der Waals surface area contributed by atoms with Crippen LogP contribution in [0.5, 0.6) is 5.75 Å². The van der Waals surface area contributed by atoms with Crippen molar-refractivity contribution in [2.24, 2.45) is 0 Å². The van der Waals surface area contributed by atoms with Gasteiger partial charge in [-0.3, -0.25) is 9.10 Å². The first-order valence-corrected chi connectivity index (χ1v) is 11.6. The number of amides is 1. The fourth-order valence-corrected chi connectivity index (χ4v) is 5.00. The van der Waals surface area contributed by atoms with Crippen LogP contribution in [-0.2, 0) is 14.8 Å². The summed E-state index contributed by atoms with van der Waals surface area (Å²) in [4.78, 5) is 12.9. The molecule has 1 aliphatic rings. The summed E-state index contributed by atoms with van der Waals surface area (Å²) >= 11 is 17.8. The molecule has 3 aromatic carbocycles. The normalized spacial score (nSPS) is 15.7. The zero-order chi connectivity index (χ0) is 22.2. The van der Waals surface area contributed by atoms with Crippen molar-refractivity contribution in [3.8, 4) is 5.75 Å². The van der Waals surface area contributed by atoms with Gasteiger partial charge in [-0.1, -0.05) is 46.9 Å². The zero-order valence-electron chi connectivity index (χ0n) is 15.8. The molecule has 0 spiro atoms. The molecule has 1 unspecified atom stereocenters. The second-order valence-corrected chi connectivity index (χ2v) is 9.80. The van der Waals surface area contributed by atoms with Crippen molar-refractivity contribution in [1.29, 1.82) is 0 Å². The van der Waals surface area contributed by atoms with E-state index in [4.69, 9.17) is 39.5 Å². The lowest BCUT2D eigenvalue weighted by molar-refractivity contribution is -0.122. The van der Waals surface area contributed by atoms with E-state index in [0.717, 1.165) is 4.31 Å². The highest BCUT2D eigenvalue weighted by molar-refractivity contribution is 7.92. The minimum Gasteiger partial charge on any atom is -0.476 e. The molecule has 6 nitrogen and oxygen atoms in total. The number of sulfonamides is 1. The van der Waals surface area contributed by atoms with Crippen molar-refractivity contribution in [2.75, 3.05) is 16.2 Å². The van der Waals surface area contributed by atoms with Crippen molar-refractivity contribution in [2.45, 2.75) is 11.0 Å². The van der Waals surface area contributed by atoms with Gasteiger partial charge in [0, 0.05) is 10.7 Å². The van der Waals surface area contributed by atoms with E-state index in [1.807, 2.05) is 0 Å². The predicted molar refractivity (Wildman–Crippen MR) is 122 cm³/mol. The van der Waals surface area contributed by atoms with Crippen LogP contribution in [0.3, 0.4) is 0 Å². The SMILES string of the molecule is O=C(Nc1ccc(Cl)c(Cl)c1)C1CN(S(=O)(=O)c2ccc(Cl)cc2)c2ccccc2O1. The summed E-state index contributed by atoms with van der Waals surface area (Å²) in [6, 6.07) is 17.1. The van der Waals surface area contributed by atoms with E-state index in [1.165, 1.54) is 30.3 Å². The molecule has 0 saturated carbocycles. The number of carbonyl (C=O) groups is 1. The van der Waals surface area contributed by atoms with Crippen LogP contribution in [-0.4, -0.2) is 27.0 Å². The van der Waals surface area contributed by atoms with Gasteiger partial charge in [0.1, 0.15) is 5.75 Å². The van der Waals surface area contributed by atoms with Crippen LogP contribution in [0.2, 0.25) is 15.1 Å². The van der Waals surface area contributed by atoms with Crippen LogP contribution in [0, 0.1) is 0 Å². The topological polar surface area (TPSA) is 75.7 Å². The standard InChI is InChI=1S/C21H15Cl3N2O4S/c22-13-5-8-15(9-6-13)31(28,29)26-12-20(30-19-4-2-1-3-18(19)26)21(27)25-14-7-10-16(23)17(24)11-14/h1-11,20H,12H2,(H,25,27). The van der Waals surface area contributed by atoms with E-state index in [1.54, 1.807) is 36.4 Å². The molecule has 0 bridgehead atoms. The number of ether oxygens (including phenoxy) is 1. The Bertz CT molecular complexity index is 1250. The van der Waals surface area contributed by atoms with E-state index < -0.39 is 22.0 Å². The first-order valence-electron chi connectivity index (χ1n) is 9.05. The second-order valence-electron chi connectivity index (χ2n) is 6.68. The highest BCUT2D eigenvalue weighted by atomic mass is 35.5.